The van der Waals surface area contributed by atoms with Crippen LogP contribution in [0.1, 0.15) is 44.7 Å². The highest BCUT2D eigenvalue weighted by atomic mass is 35.5. The van der Waals surface area contributed by atoms with Crippen LogP contribution in [-0.2, 0) is 11.3 Å². The molecule has 0 spiro atoms. The number of hydrogen-bond donors (Lipinski definition) is 2. The summed E-state index contributed by atoms with van der Waals surface area (Å²) in [6, 6.07) is 21.9. The molecule has 0 aromatic heterocycles. The Balaban J connectivity index is 1.34. The van der Waals surface area contributed by atoms with Gasteiger partial charge in [0.1, 0.15) is 0 Å². The van der Waals surface area contributed by atoms with Gasteiger partial charge >= 0.3 is 0 Å². The lowest BCUT2D eigenvalue weighted by molar-refractivity contribution is -0.121. The van der Waals surface area contributed by atoms with Gasteiger partial charge in [-0.2, -0.15) is 0 Å². The van der Waals surface area contributed by atoms with E-state index in [0.717, 1.165) is 11.1 Å². The third-order valence-corrected chi connectivity index (χ3v) is 6.59. The number of nitrogens with one attached hydrogen (secondary N) is 2. The normalized spacial score (nSPS) is 13.8. The van der Waals surface area contributed by atoms with Gasteiger partial charge in [-0.3, -0.25) is 14.4 Å². The Hall–Kier alpha value is -3.64. The molecule has 0 unspecified atom stereocenters. The van der Waals surface area contributed by atoms with Crippen LogP contribution < -0.4 is 10.6 Å². The zero-order valence-corrected chi connectivity index (χ0v) is 20.3. The van der Waals surface area contributed by atoms with Gasteiger partial charge in [-0.25, -0.2) is 0 Å². The molecule has 1 fully saturated rings. The summed E-state index contributed by atoms with van der Waals surface area (Å²) < 4.78 is 0. The fraction of sp³-hybridized carbons (Fsp3) is 0.250. The first kappa shape index (κ1) is 24.5. The Kier molecular flexibility index (Phi) is 7.83. The van der Waals surface area contributed by atoms with Crippen molar-refractivity contribution in [2.75, 3.05) is 18.4 Å². The van der Waals surface area contributed by atoms with E-state index in [0.29, 0.717) is 54.3 Å². The maximum absolute atomic E-state index is 13.0. The van der Waals surface area contributed by atoms with E-state index in [9.17, 15) is 14.4 Å². The van der Waals surface area contributed by atoms with Crippen molar-refractivity contribution >= 4 is 35.0 Å². The van der Waals surface area contributed by atoms with E-state index in [4.69, 9.17) is 11.6 Å². The van der Waals surface area contributed by atoms with Crippen molar-refractivity contribution in [1.82, 2.24) is 10.2 Å². The molecular weight excluding hydrogens is 462 g/mol. The predicted molar refractivity (Wildman–Crippen MR) is 138 cm³/mol. The van der Waals surface area contributed by atoms with Gasteiger partial charge in [0.15, 0.2) is 0 Å². The number of para-hydroxylation sites is 1. The number of hydrogen-bond acceptors (Lipinski definition) is 3. The van der Waals surface area contributed by atoms with Crippen molar-refractivity contribution in [3.8, 4) is 0 Å². The summed E-state index contributed by atoms with van der Waals surface area (Å²) in [5.41, 5.74) is 3.53. The molecule has 3 amide bonds. The molecule has 6 nitrogen and oxygen atoms in total. The Morgan fingerprint density at radius 2 is 1.51 bits per heavy atom. The number of halogens is 1. The lowest BCUT2D eigenvalue weighted by atomic mass is 9.95. The number of likely N-dealkylation sites (tertiary alicyclic amines) is 1. The molecular formula is C28H28ClN3O3. The van der Waals surface area contributed by atoms with Crippen LogP contribution in [0.5, 0.6) is 0 Å². The van der Waals surface area contributed by atoms with E-state index in [-0.39, 0.29) is 23.6 Å². The van der Waals surface area contributed by atoms with E-state index in [1.54, 1.807) is 53.4 Å². The highest BCUT2D eigenvalue weighted by Gasteiger charge is 2.29. The molecule has 0 radical (unpaired) electrons. The van der Waals surface area contributed by atoms with E-state index in [1.165, 1.54) is 0 Å². The Morgan fingerprint density at radius 1 is 0.886 bits per heavy atom. The summed E-state index contributed by atoms with van der Waals surface area (Å²) >= 11 is 6.17. The minimum absolute atomic E-state index is 0.120. The number of rotatable bonds is 6. The third kappa shape index (κ3) is 6.08. The van der Waals surface area contributed by atoms with E-state index < -0.39 is 0 Å². The lowest BCUT2D eigenvalue weighted by Crippen LogP contribution is -2.41. The molecule has 1 aliphatic rings. The van der Waals surface area contributed by atoms with Crippen LogP contribution in [0.15, 0.2) is 72.8 Å². The molecule has 4 rings (SSSR count). The molecule has 0 bridgehead atoms. The van der Waals surface area contributed by atoms with Gasteiger partial charge in [0, 0.05) is 25.6 Å². The second kappa shape index (κ2) is 11.2. The minimum Gasteiger partial charge on any atom is -0.348 e. The summed E-state index contributed by atoms with van der Waals surface area (Å²) in [4.78, 5) is 40.3. The van der Waals surface area contributed by atoms with Crippen LogP contribution in [0.2, 0.25) is 5.02 Å². The number of anilines is 1. The smallest absolute Gasteiger partial charge is 0.255 e. The summed E-state index contributed by atoms with van der Waals surface area (Å²) in [6.45, 7) is 3.36. The number of benzene rings is 3. The Morgan fingerprint density at radius 3 is 2.20 bits per heavy atom. The van der Waals surface area contributed by atoms with E-state index >= 15 is 0 Å². The maximum Gasteiger partial charge on any atom is 0.255 e. The summed E-state index contributed by atoms with van der Waals surface area (Å²) in [7, 11) is 0. The van der Waals surface area contributed by atoms with Gasteiger partial charge in [0.25, 0.3) is 11.8 Å². The first-order chi connectivity index (χ1) is 16.9. The van der Waals surface area contributed by atoms with Crippen LogP contribution in [0.4, 0.5) is 5.69 Å². The molecule has 3 aromatic carbocycles. The van der Waals surface area contributed by atoms with Crippen molar-refractivity contribution in [2.45, 2.75) is 26.3 Å². The number of piperidine rings is 1. The van der Waals surface area contributed by atoms with Crippen LogP contribution in [0.3, 0.4) is 0 Å². The van der Waals surface area contributed by atoms with Crippen molar-refractivity contribution in [1.29, 1.82) is 0 Å². The fourth-order valence-electron chi connectivity index (χ4n) is 4.16. The summed E-state index contributed by atoms with van der Waals surface area (Å²) in [5, 5.41) is 6.27. The van der Waals surface area contributed by atoms with Gasteiger partial charge in [-0.15, -0.1) is 0 Å². The quantitative estimate of drug-likeness (QED) is 0.507. The molecule has 3 aromatic rings. The van der Waals surface area contributed by atoms with Crippen LogP contribution in [-0.4, -0.2) is 35.7 Å². The SMILES string of the molecule is Cc1ccc(CNC(=O)c2ccccc2NC(=O)C2CCN(C(=O)c3ccccc3Cl)CC2)cc1. The van der Waals surface area contributed by atoms with Crippen LogP contribution in [0.25, 0.3) is 0 Å². The van der Waals surface area contributed by atoms with Gasteiger partial charge in [-0.05, 0) is 49.6 Å². The van der Waals surface area contributed by atoms with E-state index in [2.05, 4.69) is 10.6 Å². The fourth-order valence-corrected chi connectivity index (χ4v) is 4.37. The maximum atomic E-state index is 13.0. The first-order valence-corrected chi connectivity index (χ1v) is 12.1. The number of carbonyl (C=O) groups is 3. The van der Waals surface area contributed by atoms with Crippen LogP contribution >= 0.6 is 11.6 Å². The van der Waals surface area contributed by atoms with Gasteiger partial charge < -0.3 is 15.5 Å². The largest absolute Gasteiger partial charge is 0.348 e. The number of aryl methyl sites for hydroxylation is 1. The second-order valence-corrected chi connectivity index (χ2v) is 9.16. The molecule has 1 aliphatic heterocycles. The second-order valence-electron chi connectivity index (χ2n) is 8.75. The summed E-state index contributed by atoms with van der Waals surface area (Å²) in [6.07, 6.45) is 1.09. The molecule has 1 saturated heterocycles. The number of nitrogens with zero attached hydrogens (tertiary/aromatic N) is 1. The molecule has 7 heteroatoms. The zero-order chi connectivity index (χ0) is 24.8. The Bertz CT molecular complexity index is 1220. The molecule has 0 saturated carbocycles. The van der Waals surface area contributed by atoms with Crippen molar-refractivity contribution in [3.05, 3.63) is 100 Å². The monoisotopic (exact) mass is 489 g/mol. The predicted octanol–water partition coefficient (Wildman–Crippen LogP) is 5.07. The highest BCUT2D eigenvalue weighted by Crippen LogP contribution is 2.24. The summed E-state index contributed by atoms with van der Waals surface area (Å²) in [5.74, 6) is -0.755. The molecule has 1 heterocycles. The first-order valence-electron chi connectivity index (χ1n) is 11.7. The van der Waals surface area contributed by atoms with Crippen molar-refractivity contribution in [2.24, 2.45) is 5.92 Å². The van der Waals surface area contributed by atoms with E-state index in [1.807, 2.05) is 31.2 Å². The average Bonchev–Trinajstić information content (AvgIpc) is 2.88. The number of amides is 3. The molecule has 0 atom stereocenters. The third-order valence-electron chi connectivity index (χ3n) is 6.26. The van der Waals surface area contributed by atoms with Crippen molar-refractivity contribution in [3.63, 3.8) is 0 Å². The Labute approximate surface area is 210 Å². The highest BCUT2D eigenvalue weighted by molar-refractivity contribution is 6.33. The minimum atomic E-state index is -0.248. The zero-order valence-electron chi connectivity index (χ0n) is 19.6. The molecule has 35 heavy (non-hydrogen) atoms. The van der Waals surface area contributed by atoms with Gasteiger partial charge in [0.05, 0.1) is 21.8 Å². The molecule has 180 valence electrons. The van der Waals surface area contributed by atoms with Gasteiger partial charge in [-0.1, -0.05) is 65.7 Å². The standard InChI is InChI=1S/C28H28ClN3O3/c1-19-10-12-20(13-11-19)18-30-27(34)23-7-3-5-9-25(23)31-26(33)21-14-16-32(17-15-21)28(35)22-6-2-4-8-24(22)29/h2-13,21H,14-18H2,1H3,(H,30,34)(H,31,33). The number of carbonyl (C=O) groups excluding carboxylic acids is 3. The van der Waals surface area contributed by atoms with Crippen molar-refractivity contribution < 1.29 is 14.4 Å². The molecule has 0 aliphatic carbocycles. The molecule has 2 N–H and O–H groups in total. The van der Waals surface area contributed by atoms with Crippen LogP contribution in [0, 0.1) is 12.8 Å². The average molecular weight is 490 g/mol. The lowest BCUT2D eigenvalue weighted by Gasteiger charge is -2.31. The van der Waals surface area contributed by atoms with Gasteiger partial charge in [0.2, 0.25) is 5.91 Å². The topological polar surface area (TPSA) is 78.5 Å².